The Morgan fingerprint density at radius 3 is 2.50 bits per heavy atom. The van der Waals surface area contributed by atoms with Crippen LogP contribution in [0.1, 0.15) is 18.1 Å². The number of halogens is 1. The zero-order valence-corrected chi connectivity index (χ0v) is 17.6. The first kappa shape index (κ1) is 20.4. The van der Waals surface area contributed by atoms with Crippen molar-refractivity contribution in [3.63, 3.8) is 0 Å². The molecule has 1 saturated heterocycles. The van der Waals surface area contributed by atoms with Crippen LogP contribution < -0.4 is 9.80 Å². The number of piperazine rings is 1. The number of nitrogens with zero attached hydrogens (tertiary/aromatic N) is 3. The van der Waals surface area contributed by atoms with Gasteiger partial charge >= 0.3 is 0 Å². The summed E-state index contributed by atoms with van der Waals surface area (Å²) in [5, 5.41) is 0. The van der Waals surface area contributed by atoms with Gasteiger partial charge in [-0.25, -0.2) is 4.39 Å². The highest BCUT2D eigenvalue weighted by molar-refractivity contribution is 6.11. The highest BCUT2D eigenvalue weighted by atomic mass is 19.1. The zero-order valence-electron chi connectivity index (χ0n) is 17.6. The first-order valence-corrected chi connectivity index (χ1v) is 10.5. The fraction of sp³-hybridized carbons (Fsp3) is 0.320. The standard InChI is InChI=1S/C25H28FN3O/c1-3-28-18-21(25(30)10-9-19-7-5-4-6-8-19)15-20-16-22(26)24(17-23(20)28)29-13-11-27(2)12-14-29/h4-10,15-17H,3,11-14,18H2,1-2H3. The van der Waals surface area contributed by atoms with Crippen molar-refractivity contribution in [3.8, 4) is 0 Å². The summed E-state index contributed by atoms with van der Waals surface area (Å²) in [4.78, 5) is 19.3. The molecule has 4 rings (SSSR count). The summed E-state index contributed by atoms with van der Waals surface area (Å²) < 4.78 is 15.0. The second-order valence-corrected chi connectivity index (χ2v) is 7.94. The predicted octanol–water partition coefficient (Wildman–Crippen LogP) is 4.08. The van der Waals surface area contributed by atoms with Crippen LogP contribution in [0.25, 0.3) is 12.2 Å². The minimum absolute atomic E-state index is 0.0356. The maximum Gasteiger partial charge on any atom is 0.183 e. The van der Waals surface area contributed by atoms with Crippen molar-refractivity contribution in [3.05, 3.63) is 71.1 Å². The molecule has 0 amide bonds. The molecule has 2 aliphatic heterocycles. The van der Waals surface area contributed by atoms with Crippen LogP contribution in [0.4, 0.5) is 15.8 Å². The highest BCUT2D eigenvalue weighted by Crippen LogP contribution is 2.35. The molecule has 2 aromatic rings. The molecule has 2 heterocycles. The van der Waals surface area contributed by atoms with E-state index in [1.807, 2.05) is 48.6 Å². The molecule has 2 aromatic carbocycles. The fourth-order valence-corrected chi connectivity index (χ4v) is 4.04. The number of carbonyl (C=O) groups excluding carboxylic acids is 1. The van der Waals surface area contributed by atoms with Crippen LogP contribution in [0.15, 0.2) is 54.1 Å². The first-order chi connectivity index (χ1) is 14.5. The molecule has 0 saturated carbocycles. The van der Waals surface area contributed by atoms with Crippen LogP contribution in [-0.4, -0.2) is 57.0 Å². The zero-order chi connectivity index (χ0) is 21.1. The number of likely N-dealkylation sites (N-methyl/N-ethyl adjacent to an activating group) is 2. The summed E-state index contributed by atoms with van der Waals surface area (Å²) >= 11 is 0. The lowest BCUT2D eigenvalue weighted by atomic mass is 9.98. The Balaban J connectivity index is 1.61. The van der Waals surface area contributed by atoms with E-state index in [0.717, 1.165) is 49.5 Å². The van der Waals surface area contributed by atoms with Crippen LogP contribution in [-0.2, 0) is 4.79 Å². The molecule has 0 atom stereocenters. The van der Waals surface area contributed by atoms with Gasteiger partial charge in [-0.3, -0.25) is 4.79 Å². The topological polar surface area (TPSA) is 26.8 Å². The summed E-state index contributed by atoms with van der Waals surface area (Å²) in [6, 6.07) is 13.3. The molecule has 0 aromatic heterocycles. The van der Waals surface area contributed by atoms with Crippen molar-refractivity contribution in [2.24, 2.45) is 0 Å². The van der Waals surface area contributed by atoms with Crippen LogP contribution >= 0.6 is 0 Å². The van der Waals surface area contributed by atoms with Crippen molar-refractivity contribution in [2.45, 2.75) is 6.92 Å². The normalized spacial score (nSPS) is 17.2. The Bertz CT molecular complexity index is 975. The van der Waals surface area contributed by atoms with Gasteiger partial charge in [-0.15, -0.1) is 0 Å². The third-order valence-corrected chi connectivity index (χ3v) is 5.90. The van der Waals surface area contributed by atoms with Gasteiger partial charge in [0.05, 0.1) is 5.69 Å². The molecule has 5 heteroatoms. The molecule has 0 unspecified atom stereocenters. The summed E-state index contributed by atoms with van der Waals surface area (Å²) in [5.41, 5.74) is 4.10. The van der Waals surface area contributed by atoms with E-state index < -0.39 is 0 Å². The molecular weight excluding hydrogens is 377 g/mol. The van der Waals surface area contributed by atoms with Crippen molar-refractivity contribution >= 4 is 29.3 Å². The van der Waals surface area contributed by atoms with E-state index in [-0.39, 0.29) is 11.6 Å². The lowest BCUT2D eigenvalue weighted by molar-refractivity contribution is -0.111. The molecule has 0 spiro atoms. The van der Waals surface area contributed by atoms with Crippen LogP contribution in [0.3, 0.4) is 0 Å². The molecule has 4 nitrogen and oxygen atoms in total. The average molecular weight is 406 g/mol. The smallest absolute Gasteiger partial charge is 0.183 e. The number of hydrogen-bond donors (Lipinski definition) is 0. The largest absolute Gasteiger partial charge is 0.367 e. The van der Waals surface area contributed by atoms with E-state index in [4.69, 9.17) is 0 Å². The van der Waals surface area contributed by atoms with Gasteiger partial charge in [0.1, 0.15) is 5.82 Å². The lowest BCUT2D eigenvalue weighted by Gasteiger charge is -2.36. The van der Waals surface area contributed by atoms with Gasteiger partial charge in [-0.05, 0) is 43.8 Å². The number of carbonyl (C=O) groups is 1. The van der Waals surface area contributed by atoms with Gasteiger partial charge in [0.2, 0.25) is 0 Å². The average Bonchev–Trinajstić information content (AvgIpc) is 2.77. The third-order valence-electron chi connectivity index (χ3n) is 5.90. The number of hydrogen-bond acceptors (Lipinski definition) is 4. The lowest BCUT2D eigenvalue weighted by Crippen LogP contribution is -2.45. The van der Waals surface area contributed by atoms with Crippen LogP contribution in [0, 0.1) is 5.82 Å². The Hall–Kier alpha value is -2.92. The number of fused-ring (bicyclic) bond motifs is 1. The third kappa shape index (κ3) is 4.31. The number of rotatable bonds is 5. The number of allylic oxidation sites excluding steroid dienone is 1. The van der Waals surface area contributed by atoms with Crippen LogP contribution in [0.2, 0.25) is 0 Å². The minimum atomic E-state index is -0.223. The molecule has 1 fully saturated rings. The molecular formula is C25H28FN3O. The second-order valence-electron chi connectivity index (χ2n) is 7.94. The molecule has 0 bridgehead atoms. The summed E-state index contributed by atoms with van der Waals surface area (Å²) in [6.07, 6.45) is 5.27. The van der Waals surface area contributed by atoms with E-state index >= 15 is 0 Å². The summed E-state index contributed by atoms with van der Waals surface area (Å²) in [5.74, 6) is -0.259. The SMILES string of the molecule is CCN1CC(C(=O)C=Cc2ccccc2)=Cc2cc(F)c(N3CCN(C)CC3)cc21. The van der Waals surface area contributed by atoms with Gasteiger partial charge in [-0.1, -0.05) is 36.4 Å². The van der Waals surface area contributed by atoms with E-state index in [2.05, 4.69) is 28.7 Å². The predicted molar refractivity (Wildman–Crippen MR) is 122 cm³/mol. The molecule has 156 valence electrons. The summed E-state index contributed by atoms with van der Waals surface area (Å²) in [7, 11) is 2.09. The molecule has 0 aliphatic carbocycles. The quantitative estimate of drug-likeness (QED) is 0.701. The van der Waals surface area contributed by atoms with E-state index in [0.29, 0.717) is 17.8 Å². The van der Waals surface area contributed by atoms with E-state index in [1.54, 1.807) is 12.1 Å². The monoisotopic (exact) mass is 405 g/mol. The van der Waals surface area contributed by atoms with Crippen LogP contribution in [0.5, 0.6) is 0 Å². The van der Waals surface area contributed by atoms with Crippen molar-refractivity contribution in [1.29, 1.82) is 0 Å². The Morgan fingerprint density at radius 2 is 1.80 bits per heavy atom. The van der Waals surface area contributed by atoms with Gasteiger partial charge in [0, 0.05) is 56.1 Å². The van der Waals surface area contributed by atoms with E-state index in [1.165, 1.54) is 0 Å². The maximum atomic E-state index is 15.0. The number of anilines is 2. The number of ketones is 1. The molecule has 0 N–H and O–H groups in total. The van der Waals surface area contributed by atoms with Gasteiger partial charge in [-0.2, -0.15) is 0 Å². The first-order valence-electron chi connectivity index (χ1n) is 10.5. The highest BCUT2D eigenvalue weighted by Gasteiger charge is 2.24. The number of benzene rings is 2. The van der Waals surface area contributed by atoms with E-state index in [9.17, 15) is 9.18 Å². The Kier molecular flexibility index (Phi) is 6.00. The Morgan fingerprint density at radius 1 is 1.07 bits per heavy atom. The van der Waals surface area contributed by atoms with Crippen molar-refractivity contribution in [1.82, 2.24) is 4.90 Å². The molecule has 0 radical (unpaired) electrons. The van der Waals surface area contributed by atoms with Crippen molar-refractivity contribution in [2.75, 3.05) is 56.1 Å². The molecule has 2 aliphatic rings. The summed E-state index contributed by atoms with van der Waals surface area (Å²) in [6.45, 7) is 6.87. The fourth-order valence-electron chi connectivity index (χ4n) is 4.04. The second kappa shape index (κ2) is 8.84. The van der Waals surface area contributed by atoms with Gasteiger partial charge in [0.25, 0.3) is 0 Å². The van der Waals surface area contributed by atoms with Gasteiger partial charge < -0.3 is 14.7 Å². The molecule has 30 heavy (non-hydrogen) atoms. The Labute approximate surface area is 177 Å². The maximum absolute atomic E-state index is 15.0. The minimum Gasteiger partial charge on any atom is -0.367 e. The van der Waals surface area contributed by atoms with Gasteiger partial charge in [0.15, 0.2) is 5.78 Å². The van der Waals surface area contributed by atoms with Crippen molar-refractivity contribution < 1.29 is 9.18 Å².